The predicted octanol–water partition coefficient (Wildman–Crippen LogP) is 3.47. The van der Waals surface area contributed by atoms with Gasteiger partial charge in [-0.05, 0) is 30.0 Å². The maximum Gasteiger partial charge on any atom is 0.229 e. The lowest BCUT2D eigenvalue weighted by atomic mass is 10.1. The number of anilines is 1. The summed E-state index contributed by atoms with van der Waals surface area (Å²) < 4.78 is 12.8. The van der Waals surface area contributed by atoms with Gasteiger partial charge in [-0.1, -0.05) is 19.1 Å². The van der Waals surface area contributed by atoms with Crippen molar-refractivity contribution in [2.75, 3.05) is 5.32 Å². The Hall–Kier alpha value is -1.75. The van der Waals surface area contributed by atoms with E-state index < -0.39 is 0 Å². The second-order valence-electron chi connectivity index (χ2n) is 5.24. The highest BCUT2D eigenvalue weighted by atomic mass is 32.1. The molecule has 5 heteroatoms. The number of carbonyl (C=O) groups excluding carboxylic acids is 1. The molecule has 0 bridgehead atoms. The number of thiazole rings is 1. The first kappa shape index (κ1) is 13.2. The number of carbonyl (C=O) groups is 1. The molecule has 1 aromatic carbocycles. The summed E-state index contributed by atoms with van der Waals surface area (Å²) in [4.78, 5) is 17.1. The average molecular weight is 290 g/mol. The van der Waals surface area contributed by atoms with Gasteiger partial charge in [0.05, 0.1) is 0 Å². The molecule has 1 aliphatic carbocycles. The van der Waals surface area contributed by atoms with Crippen LogP contribution in [0, 0.1) is 17.7 Å². The summed E-state index contributed by atoms with van der Waals surface area (Å²) >= 11 is 1.47. The Balaban J connectivity index is 1.61. The van der Waals surface area contributed by atoms with Crippen LogP contribution >= 0.6 is 11.3 Å². The highest BCUT2D eigenvalue weighted by molar-refractivity contribution is 7.15. The van der Waals surface area contributed by atoms with Gasteiger partial charge in [0.25, 0.3) is 0 Å². The molecule has 0 saturated heterocycles. The number of amides is 1. The molecule has 2 aromatic rings. The zero-order valence-electron chi connectivity index (χ0n) is 11.1. The molecule has 3 rings (SSSR count). The zero-order chi connectivity index (χ0) is 14.1. The Morgan fingerprint density at radius 1 is 1.45 bits per heavy atom. The van der Waals surface area contributed by atoms with E-state index in [1.807, 2.05) is 0 Å². The van der Waals surface area contributed by atoms with Gasteiger partial charge in [0.1, 0.15) is 5.82 Å². The van der Waals surface area contributed by atoms with Crippen LogP contribution in [-0.2, 0) is 11.2 Å². The molecule has 0 aliphatic heterocycles. The van der Waals surface area contributed by atoms with Gasteiger partial charge in [0, 0.05) is 23.4 Å². The predicted molar refractivity (Wildman–Crippen MR) is 77.2 cm³/mol. The molecule has 3 nitrogen and oxygen atoms in total. The van der Waals surface area contributed by atoms with Crippen LogP contribution in [0.4, 0.5) is 9.52 Å². The number of nitrogens with one attached hydrogen (secondary N) is 1. The summed E-state index contributed by atoms with van der Waals surface area (Å²) in [5.41, 5.74) is 1.03. The van der Waals surface area contributed by atoms with Crippen LogP contribution in [0.1, 0.15) is 23.8 Å². The van der Waals surface area contributed by atoms with Crippen LogP contribution in [0.5, 0.6) is 0 Å². The molecule has 104 valence electrons. The van der Waals surface area contributed by atoms with Crippen molar-refractivity contribution < 1.29 is 9.18 Å². The number of aromatic nitrogens is 1. The molecular weight excluding hydrogens is 275 g/mol. The fraction of sp³-hybridized carbons (Fsp3) is 0.333. The van der Waals surface area contributed by atoms with Gasteiger partial charge in [-0.2, -0.15) is 0 Å². The van der Waals surface area contributed by atoms with Gasteiger partial charge in [-0.25, -0.2) is 9.37 Å². The summed E-state index contributed by atoms with van der Waals surface area (Å²) in [6, 6.07) is 6.43. The average Bonchev–Trinajstić information content (AvgIpc) is 3.00. The molecule has 1 heterocycles. The molecule has 1 aromatic heterocycles. The largest absolute Gasteiger partial charge is 0.302 e. The van der Waals surface area contributed by atoms with E-state index in [2.05, 4.69) is 17.2 Å². The number of benzene rings is 1. The molecule has 20 heavy (non-hydrogen) atoms. The summed E-state index contributed by atoms with van der Waals surface area (Å²) in [6.07, 6.45) is 3.44. The van der Waals surface area contributed by atoms with E-state index in [-0.39, 0.29) is 17.6 Å². The number of rotatable bonds is 4. The van der Waals surface area contributed by atoms with E-state index in [4.69, 9.17) is 0 Å². The summed E-state index contributed by atoms with van der Waals surface area (Å²) in [7, 11) is 0. The summed E-state index contributed by atoms with van der Waals surface area (Å²) in [5.74, 6) is 0.484. The lowest BCUT2D eigenvalue weighted by Gasteiger charge is -1.99. The second-order valence-corrected chi connectivity index (χ2v) is 6.36. The molecule has 1 aliphatic rings. The third-order valence-corrected chi connectivity index (χ3v) is 4.43. The lowest BCUT2D eigenvalue weighted by Crippen LogP contribution is -2.13. The minimum absolute atomic E-state index is 0.0696. The van der Waals surface area contributed by atoms with E-state index in [0.29, 0.717) is 17.5 Å². The molecule has 2 atom stereocenters. The highest BCUT2D eigenvalue weighted by Gasteiger charge is 2.39. The normalized spacial score (nSPS) is 20.7. The number of hydrogen-bond donors (Lipinski definition) is 1. The Morgan fingerprint density at radius 2 is 2.15 bits per heavy atom. The fourth-order valence-electron chi connectivity index (χ4n) is 2.14. The van der Waals surface area contributed by atoms with Gasteiger partial charge in [-0.15, -0.1) is 11.3 Å². The Kier molecular flexibility index (Phi) is 3.53. The maximum absolute atomic E-state index is 12.8. The van der Waals surface area contributed by atoms with E-state index in [9.17, 15) is 9.18 Å². The fourth-order valence-corrected chi connectivity index (χ4v) is 2.99. The first-order chi connectivity index (χ1) is 9.61. The third-order valence-electron chi connectivity index (χ3n) is 3.52. The van der Waals surface area contributed by atoms with Crippen molar-refractivity contribution in [3.63, 3.8) is 0 Å². The number of halogens is 1. The molecule has 1 fully saturated rings. The van der Waals surface area contributed by atoms with Crippen molar-refractivity contribution in [1.82, 2.24) is 4.98 Å². The second kappa shape index (κ2) is 5.32. The van der Waals surface area contributed by atoms with Crippen molar-refractivity contribution in [2.45, 2.75) is 19.8 Å². The van der Waals surface area contributed by atoms with Crippen LogP contribution in [0.3, 0.4) is 0 Å². The van der Waals surface area contributed by atoms with Gasteiger partial charge in [0.15, 0.2) is 5.13 Å². The first-order valence-corrected chi connectivity index (χ1v) is 7.43. The third kappa shape index (κ3) is 3.04. The Labute approximate surface area is 120 Å². The maximum atomic E-state index is 12.8. The van der Waals surface area contributed by atoms with Crippen molar-refractivity contribution >= 4 is 22.4 Å². The minimum atomic E-state index is -0.232. The minimum Gasteiger partial charge on any atom is -0.302 e. The van der Waals surface area contributed by atoms with Crippen molar-refractivity contribution in [2.24, 2.45) is 11.8 Å². The zero-order valence-corrected chi connectivity index (χ0v) is 11.9. The molecule has 2 unspecified atom stereocenters. The molecule has 1 N–H and O–H groups in total. The molecular formula is C15H15FN2OS. The van der Waals surface area contributed by atoms with Gasteiger partial charge in [0.2, 0.25) is 5.91 Å². The number of hydrogen-bond acceptors (Lipinski definition) is 3. The van der Waals surface area contributed by atoms with E-state index in [1.54, 1.807) is 18.3 Å². The van der Waals surface area contributed by atoms with E-state index in [0.717, 1.165) is 16.9 Å². The first-order valence-electron chi connectivity index (χ1n) is 6.62. The molecule has 1 saturated carbocycles. The molecule has 0 radical (unpaired) electrons. The standard InChI is InChI=1S/C15H15FN2OS/c1-9-6-13(9)14(19)18-15-17-8-12(20-15)7-10-2-4-11(16)5-3-10/h2-5,8-9,13H,6-7H2,1H3,(H,17,18,19). The van der Waals surface area contributed by atoms with E-state index in [1.165, 1.54) is 23.5 Å². The Morgan fingerprint density at radius 3 is 2.80 bits per heavy atom. The quantitative estimate of drug-likeness (QED) is 0.937. The highest BCUT2D eigenvalue weighted by Crippen LogP contribution is 2.38. The lowest BCUT2D eigenvalue weighted by molar-refractivity contribution is -0.117. The van der Waals surface area contributed by atoms with Crippen molar-refractivity contribution in [1.29, 1.82) is 0 Å². The molecule has 0 spiro atoms. The van der Waals surface area contributed by atoms with Crippen molar-refractivity contribution in [3.8, 4) is 0 Å². The van der Waals surface area contributed by atoms with Crippen LogP contribution in [-0.4, -0.2) is 10.9 Å². The Bertz CT molecular complexity index is 623. The van der Waals surface area contributed by atoms with Crippen molar-refractivity contribution in [3.05, 3.63) is 46.7 Å². The summed E-state index contributed by atoms with van der Waals surface area (Å²) in [6.45, 7) is 2.08. The SMILES string of the molecule is CC1CC1C(=O)Nc1ncc(Cc2ccc(F)cc2)s1. The molecule has 1 amide bonds. The van der Waals surface area contributed by atoms with Gasteiger partial charge < -0.3 is 5.32 Å². The topological polar surface area (TPSA) is 42.0 Å². The smallest absolute Gasteiger partial charge is 0.229 e. The van der Waals surface area contributed by atoms with Crippen LogP contribution < -0.4 is 5.32 Å². The van der Waals surface area contributed by atoms with Crippen LogP contribution in [0.2, 0.25) is 0 Å². The van der Waals surface area contributed by atoms with Gasteiger partial charge in [-0.3, -0.25) is 4.79 Å². The van der Waals surface area contributed by atoms with Crippen LogP contribution in [0.15, 0.2) is 30.5 Å². The monoisotopic (exact) mass is 290 g/mol. The van der Waals surface area contributed by atoms with Crippen LogP contribution in [0.25, 0.3) is 0 Å². The van der Waals surface area contributed by atoms with E-state index >= 15 is 0 Å². The summed E-state index contributed by atoms with van der Waals surface area (Å²) in [5, 5.41) is 3.50. The van der Waals surface area contributed by atoms with Gasteiger partial charge >= 0.3 is 0 Å². The number of nitrogens with zero attached hydrogens (tertiary/aromatic N) is 1.